The van der Waals surface area contributed by atoms with Gasteiger partial charge in [-0.3, -0.25) is 0 Å². The Morgan fingerprint density at radius 1 is 1.56 bits per heavy atom. The molecule has 0 unspecified atom stereocenters. The second-order valence-corrected chi connectivity index (χ2v) is 3.13. The highest BCUT2D eigenvalue weighted by Crippen LogP contribution is 2.04. The molecular formula is C11H13N3O2. The number of aromatic nitrogens is 2. The molecule has 1 aromatic rings. The third-order valence-corrected chi connectivity index (χ3v) is 1.78. The number of aryl methyl sites for hydroxylation is 1. The fourth-order valence-electron chi connectivity index (χ4n) is 1.12. The molecule has 0 aliphatic heterocycles. The average Bonchev–Trinajstić information content (AvgIpc) is 2.23. The first-order valence-electron chi connectivity index (χ1n) is 4.86. The molecule has 0 aliphatic carbocycles. The molecule has 0 saturated heterocycles. The minimum absolute atomic E-state index is 0.00317. The molecule has 1 rings (SSSR count). The van der Waals surface area contributed by atoms with Crippen molar-refractivity contribution in [1.29, 1.82) is 0 Å². The molecule has 0 aliphatic rings. The molecule has 0 spiro atoms. The molecule has 84 valence electrons. The van der Waals surface area contributed by atoms with Crippen LogP contribution in [0.3, 0.4) is 0 Å². The van der Waals surface area contributed by atoms with Crippen LogP contribution in [0.2, 0.25) is 0 Å². The van der Waals surface area contributed by atoms with Crippen molar-refractivity contribution in [2.75, 3.05) is 11.9 Å². The first-order valence-corrected chi connectivity index (χ1v) is 4.86. The molecular weight excluding hydrogens is 206 g/mol. The van der Waals surface area contributed by atoms with Crippen molar-refractivity contribution in [2.24, 2.45) is 0 Å². The molecule has 5 nitrogen and oxygen atoms in total. The van der Waals surface area contributed by atoms with Gasteiger partial charge in [0.05, 0.1) is 0 Å². The van der Waals surface area contributed by atoms with Crippen LogP contribution in [-0.4, -0.2) is 27.6 Å². The van der Waals surface area contributed by atoms with E-state index < -0.39 is 5.97 Å². The molecule has 0 aromatic carbocycles. The highest BCUT2D eigenvalue weighted by atomic mass is 16.4. The summed E-state index contributed by atoms with van der Waals surface area (Å²) in [6, 6.07) is 1.43. The van der Waals surface area contributed by atoms with Crippen LogP contribution in [0.1, 0.15) is 29.5 Å². The number of anilines is 1. The van der Waals surface area contributed by atoms with Crippen LogP contribution < -0.4 is 5.32 Å². The Labute approximate surface area is 93.9 Å². The summed E-state index contributed by atoms with van der Waals surface area (Å²) in [6.45, 7) is 4.10. The summed E-state index contributed by atoms with van der Waals surface area (Å²) in [7, 11) is 0. The summed E-state index contributed by atoms with van der Waals surface area (Å²) in [5, 5.41) is 11.7. The van der Waals surface area contributed by atoms with Crippen molar-refractivity contribution in [2.45, 2.75) is 20.3 Å². The maximum absolute atomic E-state index is 10.7. The molecule has 0 atom stereocenters. The second-order valence-electron chi connectivity index (χ2n) is 3.13. The number of nitrogens with one attached hydrogen (secondary N) is 1. The number of rotatable bonds is 4. The lowest BCUT2D eigenvalue weighted by atomic mass is 10.3. The van der Waals surface area contributed by atoms with Gasteiger partial charge in [0.15, 0.2) is 5.69 Å². The first-order chi connectivity index (χ1) is 7.63. The van der Waals surface area contributed by atoms with Gasteiger partial charge < -0.3 is 10.4 Å². The number of aromatic carboxylic acids is 1. The lowest BCUT2D eigenvalue weighted by Gasteiger charge is -2.04. The molecule has 2 N–H and O–H groups in total. The third kappa shape index (κ3) is 3.58. The lowest BCUT2D eigenvalue weighted by molar-refractivity contribution is 0.0690. The van der Waals surface area contributed by atoms with Gasteiger partial charge in [-0.05, 0) is 19.9 Å². The van der Waals surface area contributed by atoms with Gasteiger partial charge in [0.2, 0.25) is 5.95 Å². The van der Waals surface area contributed by atoms with E-state index in [1.165, 1.54) is 6.07 Å². The summed E-state index contributed by atoms with van der Waals surface area (Å²) in [5.41, 5.74) is 0.619. The van der Waals surface area contributed by atoms with Crippen molar-refractivity contribution in [1.82, 2.24) is 9.97 Å². The molecule has 5 heteroatoms. The smallest absolute Gasteiger partial charge is 0.354 e. The highest BCUT2D eigenvalue weighted by Gasteiger charge is 2.07. The first kappa shape index (κ1) is 12.0. The number of nitrogens with zero attached hydrogens (tertiary/aromatic N) is 2. The van der Waals surface area contributed by atoms with Crippen molar-refractivity contribution in [3.05, 3.63) is 17.5 Å². The van der Waals surface area contributed by atoms with Gasteiger partial charge in [0.25, 0.3) is 0 Å². The molecule has 0 saturated carbocycles. The van der Waals surface area contributed by atoms with E-state index in [2.05, 4.69) is 27.1 Å². The van der Waals surface area contributed by atoms with Crippen molar-refractivity contribution in [3.8, 4) is 11.8 Å². The standard InChI is InChI=1S/C11H13N3O2/c1-3-4-5-6-12-11-13-8(2)7-9(14-11)10(15)16/h7H,5-6H2,1-2H3,(H,15,16)(H,12,13,14). The number of hydrogen-bond acceptors (Lipinski definition) is 4. The van der Waals surface area contributed by atoms with Crippen LogP contribution in [0.15, 0.2) is 6.07 Å². The molecule has 1 aromatic heterocycles. The maximum Gasteiger partial charge on any atom is 0.354 e. The number of hydrogen-bond donors (Lipinski definition) is 2. The van der Waals surface area contributed by atoms with Crippen molar-refractivity contribution < 1.29 is 9.90 Å². The second kappa shape index (κ2) is 5.71. The third-order valence-electron chi connectivity index (χ3n) is 1.78. The van der Waals surface area contributed by atoms with Gasteiger partial charge in [0.1, 0.15) is 0 Å². The quantitative estimate of drug-likeness (QED) is 0.590. The number of carbonyl (C=O) groups is 1. The predicted octanol–water partition coefficient (Wildman–Crippen LogP) is 1.31. The molecule has 1 heterocycles. The van der Waals surface area contributed by atoms with Crippen molar-refractivity contribution in [3.63, 3.8) is 0 Å². The normalized spacial score (nSPS) is 9.12. The van der Waals surface area contributed by atoms with Crippen LogP contribution >= 0.6 is 0 Å². The number of carboxylic acids is 1. The largest absolute Gasteiger partial charge is 0.477 e. The van der Waals surface area contributed by atoms with E-state index in [1.54, 1.807) is 13.8 Å². The Hall–Kier alpha value is -2.09. The van der Waals surface area contributed by atoms with Gasteiger partial charge in [-0.15, -0.1) is 11.8 Å². The fraction of sp³-hybridized carbons (Fsp3) is 0.364. The monoisotopic (exact) mass is 219 g/mol. The van der Waals surface area contributed by atoms with Crippen LogP contribution in [0, 0.1) is 18.8 Å². The SMILES string of the molecule is CC#CCCNc1nc(C)cc(C(=O)O)n1. The topological polar surface area (TPSA) is 75.1 Å². The summed E-state index contributed by atoms with van der Waals surface area (Å²) in [6.07, 6.45) is 0.677. The lowest BCUT2D eigenvalue weighted by Crippen LogP contribution is -2.09. The van der Waals surface area contributed by atoms with E-state index in [0.29, 0.717) is 24.6 Å². The summed E-state index contributed by atoms with van der Waals surface area (Å²) in [4.78, 5) is 18.7. The van der Waals surface area contributed by atoms with E-state index in [1.807, 2.05) is 0 Å². The fourth-order valence-corrected chi connectivity index (χ4v) is 1.12. The zero-order valence-electron chi connectivity index (χ0n) is 9.24. The van der Waals surface area contributed by atoms with Crippen LogP contribution in [-0.2, 0) is 0 Å². The average molecular weight is 219 g/mol. The van der Waals surface area contributed by atoms with Crippen molar-refractivity contribution >= 4 is 11.9 Å². The molecule has 16 heavy (non-hydrogen) atoms. The summed E-state index contributed by atoms with van der Waals surface area (Å²) in [5.74, 6) is 4.93. The minimum atomic E-state index is -1.05. The molecule has 0 bridgehead atoms. The van der Waals surface area contributed by atoms with Crippen LogP contribution in [0.4, 0.5) is 5.95 Å². The van der Waals surface area contributed by atoms with E-state index in [-0.39, 0.29) is 5.69 Å². The summed E-state index contributed by atoms with van der Waals surface area (Å²) < 4.78 is 0. The molecule has 0 fully saturated rings. The van der Waals surface area contributed by atoms with Gasteiger partial charge in [0, 0.05) is 18.7 Å². The van der Waals surface area contributed by atoms with E-state index >= 15 is 0 Å². The Morgan fingerprint density at radius 2 is 2.31 bits per heavy atom. The van der Waals surface area contributed by atoms with Crippen LogP contribution in [0.25, 0.3) is 0 Å². The Morgan fingerprint density at radius 3 is 2.94 bits per heavy atom. The Kier molecular flexibility index (Phi) is 4.28. The minimum Gasteiger partial charge on any atom is -0.477 e. The predicted molar refractivity (Wildman–Crippen MR) is 60.3 cm³/mol. The Bertz CT molecular complexity index is 446. The van der Waals surface area contributed by atoms with Gasteiger partial charge >= 0.3 is 5.97 Å². The highest BCUT2D eigenvalue weighted by molar-refractivity contribution is 5.85. The van der Waals surface area contributed by atoms with E-state index in [9.17, 15) is 4.79 Å². The maximum atomic E-state index is 10.7. The molecule has 0 amide bonds. The van der Waals surface area contributed by atoms with Gasteiger partial charge in [-0.2, -0.15) is 0 Å². The zero-order valence-corrected chi connectivity index (χ0v) is 9.24. The van der Waals surface area contributed by atoms with Gasteiger partial charge in [-0.25, -0.2) is 14.8 Å². The Balaban J connectivity index is 2.71. The zero-order chi connectivity index (χ0) is 12.0. The van der Waals surface area contributed by atoms with Crippen LogP contribution in [0.5, 0.6) is 0 Å². The summed E-state index contributed by atoms with van der Waals surface area (Å²) >= 11 is 0. The number of carboxylic acid groups (broad SMARTS) is 1. The molecule has 0 radical (unpaired) electrons. The van der Waals surface area contributed by atoms with E-state index in [4.69, 9.17) is 5.11 Å². The van der Waals surface area contributed by atoms with E-state index in [0.717, 1.165) is 0 Å². The van der Waals surface area contributed by atoms with Gasteiger partial charge in [-0.1, -0.05) is 0 Å².